The molecule has 3 aromatic carbocycles. The second kappa shape index (κ2) is 6.23. The van der Waals surface area contributed by atoms with E-state index in [0.29, 0.717) is 0 Å². The molecule has 0 aliphatic heterocycles. The van der Waals surface area contributed by atoms with E-state index in [4.69, 9.17) is 0 Å². The van der Waals surface area contributed by atoms with Crippen molar-refractivity contribution in [2.75, 3.05) is 0 Å². The SMILES string of the molecule is C=c1cccc/c1=C/C=C\Cc1cccc2ccccc12. The highest BCUT2D eigenvalue weighted by Gasteiger charge is 1.97. The zero-order valence-electron chi connectivity index (χ0n) is 12.0. The molecule has 21 heavy (non-hydrogen) atoms. The second-order valence-electron chi connectivity index (χ2n) is 5.14. The van der Waals surface area contributed by atoms with Gasteiger partial charge in [0, 0.05) is 0 Å². The largest absolute Gasteiger partial charge is 0.0912 e. The summed E-state index contributed by atoms with van der Waals surface area (Å²) >= 11 is 0. The molecule has 0 saturated carbocycles. The minimum atomic E-state index is 0.942. The van der Waals surface area contributed by atoms with Crippen molar-refractivity contribution in [3.05, 3.63) is 94.9 Å². The molecule has 0 unspecified atom stereocenters. The van der Waals surface area contributed by atoms with Crippen molar-refractivity contribution >= 4 is 23.4 Å². The van der Waals surface area contributed by atoms with Crippen molar-refractivity contribution in [1.29, 1.82) is 0 Å². The van der Waals surface area contributed by atoms with Gasteiger partial charge in [-0.15, -0.1) is 0 Å². The Labute approximate surface area is 125 Å². The van der Waals surface area contributed by atoms with Crippen molar-refractivity contribution in [2.24, 2.45) is 0 Å². The summed E-state index contributed by atoms with van der Waals surface area (Å²) < 4.78 is 0. The molecule has 0 aliphatic rings. The van der Waals surface area contributed by atoms with Gasteiger partial charge >= 0.3 is 0 Å². The molecule has 0 bridgehead atoms. The van der Waals surface area contributed by atoms with E-state index in [1.807, 2.05) is 18.2 Å². The summed E-state index contributed by atoms with van der Waals surface area (Å²) in [7, 11) is 0. The Morgan fingerprint density at radius 2 is 1.57 bits per heavy atom. The number of fused-ring (bicyclic) bond motifs is 1. The maximum Gasteiger partial charge on any atom is -0.00882 e. The highest BCUT2D eigenvalue weighted by molar-refractivity contribution is 5.85. The average Bonchev–Trinajstić information content (AvgIpc) is 2.53. The van der Waals surface area contributed by atoms with Crippen LogP contribution in [0.4, 0.5) is 0 Å². The number of rotatable bonds is 3. The van der Waals surface area contributed by atoms with E-state index in [2.05, 4.69) is 73.3 Å². The first-order valence-electron chi connectivity index (χ1n) is 7.22. The van der Waals surface area contributed by atoms with Crippen LogP contribution in [-0.4, -0.2) is 0 Å². The molecular weight excluding hydrogens is 252 g/mol. The molecule has 0 atom stereocenters. The summed E-state index contributed by atoms with van der Waals surface area (Å²) in [5.74, 6) is 0. The van der Waals surface area contributed by atoms with Crippen LogP contribution in [0.5, 0.6) is 0 Å². The molecule has 0 heterocycles. The van der Waals surface area contributed by atoms with Gasteiger partial charge in [-0.25, -0.2) is 0 Å². The Balaban J connectivity index is 1.84. The predicted octanol–water partition coefficient (Wildman–Crippen LogP) is 3.83. The van der Waals surface area contributed by atoms with Crippen molar-refractivity contribution in [2.45, 2.75) is 6.42 Å². The van der Waals surface area contributed by atoms with Gasteiger partial charge in [-0.05, 0) is 33.2 Å². The van der Waals surface area contributed by atoms with E-state index in [9.17, 15) is 0 Å². The van der Waals surface area contributed by atoms with Gasteiger partial charge < -0.3 is 0 Å². The summed E-state index contributed by atoms with van der Waals surface area (Å²) in [6.07, 6.45) is 7.38. The van der Waals surface area contributed by atoms with Crippen LogP contribution >= 0.6 is 0 Å². The fourth-order valence-corrected chi connectivity index (χ4v) is 2.53. The van der Waals surface area contributed by atoms with Crippen molar-refractivity contribution in [3.63, 3.8) is 0 Å². The highest BCUT2D eigenvalue weighted by atomic mass is 14.0. The molecule has 0 heteroatoms. The first-order chi connectivity index (χ1) is 10.3. The number of hydrogen-bond acceptors (Lipinski definition) is 0. The fraction of sp³-hybridized carbons (Fsp3) is 0.0476. The fourth-order valence-electron chi connectivity index (χ4n) is 2.53. The lowest BCUT2D eigenvalue weighted by molar-refractivity contribution is 1.30. The molecule has 3 rings (SSSR count). The van der Waals surface area contributed by atoms with Crippen molar-refractivity contribution in [3.8, 4) is 0 Å². The number of hydrogen-bond donors (Lipinski definition) is 0. The Kier molecular flexibility index (Phi) is 3.97. The normalized spacial score (nSPS) is 12.3. The van der Waals surface area contributed by atoms with Gasteiger partial charge in [0.2, 0.25) is 0 Å². The molecule has 0 aromatic heterocycles. The highest BCUT2D eigenvalue weighted by Crippen LogP contribution is 2.18. The summed E-state index contributed by atoms with van der Waals surface area (Å²) in [4.78, 5) is 0. The van der Waals surface area contributed by atoms with E-state index in [1.54, 1.807) is 0 Å². The number of allylic oxidation sites excluding steroid dienone is 2. The lowest BCUT2D eigenvalue weighted by Gasteiger charge is -2.03. The monoisotopic (exact) mass is 270 g/mol. The van der Waals surface area contributed by atoms with Gasteiger partial charge in [-0.1, -0.05) is 91.5 Å². The topological polar surface area (TPSA) is 0 Å². The zero-order valence-corrected chi connectivity index (χ0v) is 12.0. The van der Waals surface area contributed by atoms with E-state index in [0.717, 1.165) is 11.6 Å². The molecule has 0 N–H and O–H groups in total. The van der Waals surface area contributed by atoms with Crippen LogP contribution in [0.25, 0.3) is 23.4 Å². The Hall–Kier alpha value is -2.60. The molecule has 0 radical (unpaired) electrons. The standard InChI is InChI=1S/C21H18/c1-17-9-2-3-10-18(17)11-4-5-12-19-14-8-15-20-13-6-7-16-21(19)20/h2-11,13-16H,1,12H2/b5-4-,18-11-. The first kappa shape index (κ1) is 13.4. The van der Waals surface area contributed by atoms with Crippen LogP contribution in [0.2, 0.25) is 0 Å². The Morgan fingerprint density at radius 1 is 0.810 bits per heavy atom. The van der Waals surface area contributed by atoms with Crippen LogP contribution in [0.1, 0.15) is 5.56 Å². The molecule has 0 spiro atoms. The van der Waals surface area contributed by atoms with E-state index < -0.39 is 0 Å². The molecule has 0 nitrogen and oxygen atoms in total. The third-order valence-corrected chi connectivity index (χ3v) is 3.68. The molecule has 0 fully saturated rings. The summed E-state index contributed by atoms with van der Waals surface area (Å²) in [5.41, 5.74) is 1.36. The lowest BCUT2D eigenvalue weighted by atomic mass is 10.0. The summed E-state index contributed by atoms with van der Waals surface area (Å²) in [6.45, 7) is 4.03. The van der Waals surface area contributed by atoms with Crippen LogP contribution < -0.4 is 10.4 Å². The van der Waals surface area contributed by atoms with E-state index in [1.165, 1.54) is 21.6 Å². The zero-order chi connectivity index (χ0) is 14.5. The minimum absolute atomic E-state index is 0.942. The lowest BCUT2D eigenvalue weighted by Crippen LogP contribution is -2.21. The van der Waals surface area contributed by atoms with Crippen LogP contribution in [0.3, 0.4) is 0 Å². The van der Waals surface area contributed by atoms with Crippen LogP contribution in [0.15, 0.2) is 78.9 Å². The van der Waals surface area contributed by atoms with Gasteiger partial charge in [-0.2, -0.15) is 0 Å². The summed E-state index contributed by atoms with van der Waals surface area (Å²) in [6, 6.07) is 23.2. The second-order valence-corrected chi connectivity index (χ2v) is 5.14. The predicted molar refractivity (Wildman–Crippen MR) is 92.5 cm³/mol. The maximum absolute atomic E-state index is 4.03. The minimum Gasteiger partial charge on any atom is -0.0912 e. The van der Waals surface area contributed by atoms with Crippen LogP contribution in [-0.2, 0) is 6.42 Å². The summed E-state index contributed by atoms with van der Waals surface area (Å²) in [5, 5.41) is 4.87. The quantitative estimate of drug-likeness (QED) is 0.678. The third-order valence-electron chi connectivity index (χ3n) is 3.68. The molecule has 0 saturated heterocycles. The molecule has 0 aliphatic carbocycles. The van der Waals surface area contributed by atoms with Crippen molar-refractivity contribution in [1.82, 2.24) is 0 Å². The van der Waals surface area contributed by atoms with Crippen LogP contribution in [0, 0.1) is 0 Å². The van der Waals surface area contributed by atoms with Gasteiger partial charge in [0.05, 0.1) is 0 Å². The number of benzene rings is 3. The molecule has 102 valence electrons. The molecular formula is C21H18. The van der Waals surface area contributed by atoms with Crippen molar-refractivity contribution < 1.29 is 0 Å². The maximum atomic E-state index is 4.03. The average molecular weight is 270 g/mol. The van der Waals surface area contributed by atoms with Gasteiger partial charge in [0.1, 0.15) is 0 Å². The first-order valence-corrected chi connectivity index (χ1v) is 7.22. The smallest absolute Gasteiger partial charge is 0.00882 e. The van der Waals surface area contributed by atoms with Gasteiger partial charge in [-0.3, -0.25) is 0 Å². The van der Waals surface area contributed by atoms with E-state index >= 15 is 0 Å². The van der Waals surface area contributed by atoms with E-state index in [-0.39, 0.29) is 0 Å². The molecule has 0 amide bonds. The van der Waals surface area contributed by atoms with Gasteiger partial charge in [0.25, 0.3) is 0 Å². The third kappa shape index (κ3) is 3.11. The Morgan fingerprint density at radius 3 is 2.48 bits per heavy atom. The van der Waals surface area contributed by atoms with Gasteiger partial charge in [0.15, 0.2) is 0 Å². The Bertz CT molecular complexity index is 880. The molecule has 3 aromatic rings.